The van der Waals surface area contributed by atoms with Crippen molar-refractivity contribution in [2.24, 2.45) is 0 Å². The maximum absolute atomic E-state index is 4.55. The molecule has 1 unspecified atom stereocenters. The van der Waals surface area contributed by atoms with E-state index < -0.39 is 0 Å². The van der Waals surface area contributed by atoms with E-state index in [1.807, 2.05) is 0 Å². The van der Waals surface area contributed by atoms with E-state index >= 15 is 0 Å². The van der Waals surface area contributed by atoms with Crippen molar-refractivity contribution in [3.05, 3.63) is 78.5 Å². The maximum Gasteiger partial charge on any atom is 0.221 e. The number of hydrogen-bond donors (Lipinski definition) is 0. The standard InChI is InChI=1S/C23H22N/c1-4-22-16(3)23(22,5-2)24-15-14-17-10-6-7-11-18(17)21(24)19-12-8-9-13-20(19)22/h6-15H,3-5H2,1-2H3/q+1/t22?,23-/m0/s1. The topological polar surface area (TPSA) is 3.88 Å². The Balaban J connectivity index is 2.00. The van der Waals surface area contributed by atoms with Gasteiger partial charge in [0.2, 0.25) is 11.2 Å². The van der Waals surface area contributed by atoms with Crippen LogP contribution in [0, 0.1) is 0 Å². The molecule has 2 aromatic carbocycles. The molecular formula is C23H22N+. The zero-order valence-corrected chi connectivity index (χ0v) is 14.3. The molecule has 1 aliphatic heterocycles. The summed E-state index contributed by atoms with van der Waals surface area (Å²) in [5.41, 5.74) is 5.71. The van der Waals surface area contributed by atoms with Crippen LogP contribution >= 0.6 is 0 Å². The highest BCUT2D eigenvalue weighted by molar-refractivity contribution is 5.95. The Bertz CT molecular complexity index is 1020. The molecule has 1 fully saturated rings. The minimum Gasteiger partial charge on any atom is -0.187 e. The third-order valence-electron chi connectivity index (χ3n) is 6.61. The summed E-state index contributed by atoms with van der Waals surface area (Å²) in [5, 5.41) is 2.64. The van der Waals surface area contributed by atoms with Gasteiger partial charge < -0.3 is 0 Å². The van der Waals surface area contributed by atoms with Crippen LogP contribution in [-0.4, -0.2) is 0 Å². The highest BCUT2D eigenvalue weighted by Gasteiger charge is 2.80. The third-order valence-corrected chi connectivity index (χ3v) is 6.61. The van der Waals surface area contributed by atoms with Crippen LogP contribution in [0.25, 0.3) is 22.0 Å². The molecule has 0 saturated heterocycles. The smallest absolute Gasteiger partial charge is 0.187 e. The van der Waals surface area contributed by atoms with Crippen molar-refractivity contribution in [3.63, 3.8) is 0 Å². The van der Waals surface area contributed by atoms with Gasteiger partial charge in [-0.2, -0.15) is 4.57 Å². The third kappa shape index (κ3) is 1.25. The average Bonchev–Trinajstić information content (AvgIpc) is 3.21. The number of benzene rings is 2. The van der Waals surface area contributed by atoms with E-state index in [4.69, 9.17) is 0 Å². The van der Waals surface area contributed by atoms with E-state index in [0.29, 0.717) is 0 Å². The highest BCUT2D eigenvalue weighted by Crippen LogP contribution is 2.71. The molecular weight excluding hydrogens is 290 g/mol. The van der Waals surface area contributed by atoms with Crippen molar-refractivity contribution >= 4 is 10.8 Å². The van der Waals surface area contributed by atoms with Gasteiger partial charge in [0.15, 0.2) is 6.20 Å². The van der Waals surface area contributed by atoms with Gasteiger partial charge in [-0.1, -0.05) is 56.8 Å². The van der Waals surface area contributed by atoms with Crippen molar-refractivity contribution in [2.45, 2.75) is 37.6 Å². The summed E-state index contributed by atoms with van der Waals surface area (Å²) in [7, 11) is 0. The number of nitrogens with zero attached hydrogens (tertiary/aromatic N) is 1. The van der Waals surface area contributed by atoms with E-state index in [1.165, 1.54) is 33.2 Å². The molecule has 0 N–H and O–H groups in total. The first kappa shape index (κ1) is 14.0. The summed E-state index contributed by atoms with van der Waals surface area (Å²) in [6.07, 6.45) is 4.49. The van der Waals surface area contributed by atoms with E-state index in [9.17, 15) is 0 Å². The minimum absolute atomic E-state index is 0.0372. The van der Waals surface area contributed by atoms with Crippen LogP contribution < -0.4 is 4.57 Å². The Morgan fingerprint density at radius 3 is 2.46 bits per heavy atom. The Morgan fingerprint density at radius 2 is 1.67 bits per heavy atom. The van der Waals surface area contributed by atoms with Crippen LogP contribution in [0.3, 0.4) is 0 Å². The van der Waals surface area contributed by atoms with Gasteiger partial charge in [0.1, 0.15) is 0 Å². The normalized spacial score (nSPS) is 26.7. The number of hydrogen-bond acceptors (Lipinski definition) is 0. The molecule has 1 nitrogen and oxygen atoms in total. The van der Waals surface area contributed by atoms with Gasteiger partial charge in [0.25, 0.3) is 0 Å². The zero-order valence-electron chi connectivity index (χ0n) is 14.3. The van der Waals surface area contributed by atoms with Crippen molar-refractivity contribution in [2.75, 3.05) is 0 Å². The van der Waals surface area contributed by atoms with Crippen LogP contribution in [0.2, 0.25) is 0 Å². The van der Waals surface area contributed by atoms with E-state index in [1.54, 1.807) is 0 Å². The second kappa shape index (κ2) is 4.36. The number of rotatable bonds is 2. The fourth-order valence-electron chi connectivity index (χ4n) is 5.56. The first-order valence-electron chi connectivity index (χ1n) is 8.96. The molecule has 0 amide bonds. The lowest BCUT2D eigenvalue weighted by atomic mass is 9.79. The lowest BCUT2D eigenvalue weighted by Gasteiger charge is -2.28. The van der Waals surface area contributed by atoms with Crippen LogP contribution in [0.4, 0.5) is 0 Å². The molecule has 2 aliphatic rings. The zero-order chi connectivity index (χ0) is 16.5. The molecule has 1 aliphatic carbocycles. The van der Waals surface area contributed by atoms with Gasteiger partial charge in [0, 0.05) is 18.1 Å². The monoisotopic (exact) mass is 312 g/mol. The van der Waals surface area contributed by atoms with Gasteiger partial charge in [-0.05, 0) is 29.5 Å². The maximum atomic E-state index is 4.55. The second-order valence-electron chi connectivity index (χ2n) is 7.12. The van der Waals surface area contributed by atoms with Crippen LogP contribution in [0.5, 0.6) is 0 Å². The SMILES string of the molecule is C=C1C2(CC)c3ccccc3-c3c4ccccc4cc[n+]3[C@@]12CC. The van der Waals surface area contributed by atoms with Crippen molar-refractivity contribution in [3.8, 4) is 11.3 Å². The summed E-state index contributed by atoms with van der Waals surface area (Å²) in [6, 6.07) is 20.0. The number of allylic oxidation sites excluding steroid dienone is 1. The summed E-state index contributed by atoms with van der Waals surface area (Å²) < 4.78 is 2.53. The molecule has 1 saturated carbocycles. The van der Waals surface area contributed by atoms with Gasteiger partial charge in [-0.25, -0.2) is 0 Å². The fourth-order valence-corrected chi connectivity index (χ4v) is 5.56. The molecule has 118 valence electrons. The van der Waals surface area contributed by atoms with Crippen LogP contribution in [-0.2, 0) is 11.0 Å². The van der Waals surface area contributed by atoms with Gasteiger partial charge in [-0.15, -0.1) is 0 Å². The molecule has 3 aromatic rings. The quantitative estimate of drug-likeness (QED) is 0.456. The van der Waals surface area contributed by atoms with E-state index in [2.05, 4.69) is 85.8 Å². The molecule has 0 radical (unpaired) electrons. The first-order valence-corrected chi connectivity index (χ1v) is 8.96. The Labute approximate surface area is 143 Å². The van der Waals surface area contributed by atoms with Crippen LogP contribution in [0.15, 0.2) is 72.9 Å². The molecule has 1 aromatic heterocycles. The summed E-state index contributed by atoms with van der Waals surface area (Å²) in [5.74, 6) is 0. The Hall–Kier alpha value is -2.41. The predicted octanol–water partition coefficient (Wildman–Crippen LogP) is 5.13. The molecule has 1 heteroatoms. The van der Waals surface area contributed by atoms with Crippen molar-refractivity contribution < 1.29 is 4.57 Å². The lowest BCUT2D eigenvalue weighted by Crippen LogP contribution is -2.54. The molecule has 2 atom stereocenters. The molecule has 0 spiro atoms. The number of fused-ring (bicyclic) bond motifs is 8. The second-order valence-corrected chi connectivity index (χ2v) is 7.12. The lowest BCUT2D eigenvalue weighted by molar-refractivity contribution is -0.730. The van der Waals surface area contributed by atoms with E-state index in [-0.39, 0.29) is 11.0 Å². The van der Waals surface area contributed by atoms with Gasteiger partial charge >= 0.3 is 0 Å². The summed E-state index contributed by atoms with van der Waals surface area (Å²) in [4.78, 5) is 0. The molecule has 0 bridgehead atoms. The van der Waals surface area contributed by atoms with Crippen molar-refractivity contribution in [1.29, 1.82) is 0 Å². The summed E-state index contributed by atoms with van der Waals surface area (Å²) >= 11 is 0. The highest BCUT2D eigenvalue weighted by atomic mass is 15.2. The Morgan fingerprint density at radius 1 is 0.917 bits per heavy atom. The van der Waals surface area contributed by atoms with Gasteiger partial charge in [-0.3, -0.25) is 0 Å². The predicted molar refractivity (Wildman–Crippen MR) is 99.0 cm³/mol. The summed E-state index contributed by atoms with van der Waals surface area (Å²) in [6.45, 7) is 9.17. The van der Waals surface area contributed by atoms with Crippen LogP contribution in [0.1, 0.15) is 32.3 Å². The average molecular weight is 312 g/mol. The fraction of sp³-hybridized carbons (Fsp3) is 0.261. The molecule has 5 rings (SSSR count). The molecule has 2 heterocycles. The minimum atomic E-state index is 0.0372. The number of aromatic nitrogens is 1. The number of pyridine rings is 1. The largest absolute Gasteiger partial charge is 0.221 e. The molecule has 24 heavy (non-hydrogen) atoms. The van der Waals surface area contributed by atoms with Crippen molar-refractivity contribution in [1.82, 2.24) is 0 Å². The van der Waals surface area contributed by atoms with E-state index in [0.717, 1.165) is 12.8 Å². The first-order chi connectivity index (χ1) is 11.7. The Kier molecular flexibility index (Phi) is 2.54. The van der Waals surface area contributed by atoms with Gasteiger partial charge in [0.05, 0.1) is 16.4 Å².